The summed E-state index contributed by atoms with van der Waals surface area (Å²) in [6.07, 6.45) is -8.30. The first-order valence-electron chi connectivity index (χ1n) is 8.88. The molecular formula is C17H10F15N3O. The molecule has 19 heteroatoms. The monoisotopic (exact) mass is 557 g/mol. The van der Waals surface area contributed by atoms with Crippen molar-refractivity contribution in [2.75, 3.05) is 5.73 Å². The second-order valence-electron chi connectivity index (χ2n) is 7.33. The highest BCUT2D eigenvalue weighted by atomic mass is 19.4. The topological polar surface area (TPSA) is 64.9 Å². The lowest BCUT2D eigenvalue weighted by atomic mass is 9.91. The Labute approximate surface area is 189 Å². The maximum Gasteiger partial charge on any atom is 0.460 e. The normalized spacial score (nSPS) is 14.9. The van der Waals surface area contributed by atoms with Crippen LogP contribution in [0.25, 0.3) is 0 Å². The van der Waals surface area contributed by atoms with Gasteiger partial charge in [0.2, 0.25) is 0 Å². The average Bonchev–Trinajstić information content (AvgIpc) is 3.18. The molecule has 4 nitrogen and oxygen atoms in total. The summed E-state index contributed by atoms with van der Waals surface area (Å²) in [5.41, 5.74) is 6.32. The van der Waals surface area contributed by atoms with E-state index in [0.717, 1.165) is 0 Å². The minimum Gasteiger partial charge on any atom is -0.399 e. The number of nitrogens with two attached hydrogens (primary N) is 1. The molecule has 0 aliphatic rings. The van der Waals surface area contributed by atoms with Gasteiger partial charge in [-0.3, -0.25) is 0 Å². The van der Waals surface area contributed by atoms with Crippen molar-refractivity contribution in [3.8, 4) is 0 Å². The minimum atomic E-state index is -8.39. The first kappa shape index (κ1) is 29.3. The molecule has 1 aromatic heterocycles. The van der Waals surface area contributed by atoms with E-state index in [9.17, 15) is 65.9 Å². The zero-order chi connectivity index (χ0) is 28.3. The van der Waals surface area contributed by atoms with Crippen molar-refractivity contribution in [1.82, 2.24) is 10.1 Å². The lowest BCUT2D eigenvalue weighted by molar-refractivity contribution is -0.454. The fourth-order valence-corrected chi connectivity index (χ4v) is 2.58. The molecule has 36 heavy (non-hydrogen) atoms. The van der Waals surface area contributed by atoms with Gasteiger partial charge in [0.25, 0.3) is 0 Å². The van der Waals surface area contributed by atoms with E-state index in [4.69, 9.17) is 5.73 Å². The van der Waals surface area contributed by atoms with Gasteiger partial charge in [0.05, 0.1) is 0 Å². The van der Waals surface area contributed by atoms with Gasteiger partial charge < -0.3 is 10.3 Å². The Morgan fingerprint density at radius 1 is 0.722 bits per heavy atom. The molecule has 0 saturated carbocycles. The van der Waals surface area contributed by atoms with E-state index in [0.29, 0.717) is 5.56 Å². The maximum absolute atomic E-state index is 14.1. The summed E-state index contributed by atoms with van der Waals surface area (Å²) in [7, 11) is 0. The number of benzene rings is 1. The van der Waals surface area contributed by atoms with E-state index in [1.165, 1.54) is 25.1 Å². The van der Waals surface area contributed by atoms with Crippen molar-refractivity contribution in [1.29, 1.82) is 0 Å². The molecule has 2 aromatic rings. The van der Waals surface area contributed by atoms with E-state index in [1.807, 2.05) is 0 Å². The molecule has 0 atom stereocenters. The van der Waals surface area contributed by atoms with E-state index in [1.54, 1.807) is 0 Å². The molecule has 0 aliphatic carbocycles. The molecule has 204 valence electrons. The number of anilines is 1. The van der Waals surface area contributed by atoms with E-state index in [-0.39, 0.29) is 11.3 Å². The highest BCUT2D eigenvalue weighted by molar-refractivity contribution is 5.48. The zero-order valence-corrected chi connectivity index (χ0v) is 17.0. The van der Waals surface area contributed by atoms with Crippen LogP contribution in [-0.2, 0) is 12.3 Å². The lowest BCUT2D eigenvalue weighted by Crippen LogP contribution is -2.72. The summed E-state index contributed by atoms with van der Waals surface area (Å²) in [6.45, 7) is 1.47. The van der Waals surface area contributed by atoms with Crippen LogP contribution in [-0.4, -0.2) is 45.9 Å². The van der Waals surface area contributed by atoms with E-state index >= 15 is 0 Å². The second-order valence-corrected chi connectivity index (χ2v) is 7.33. The first-order valence-corrected chi connectivity index (χ1v) is 8.88. The summed E-state index contributed by atoms with van der Waals surface area (Å²) < 4.78 is 203. The van der Waals surface area contributed by atoms with E-state index in [2.05, 4.69) is 14.7 Å². The largest absolute Gasteiger partial charge is 0.460 e. The predicted molar refractivity (Wildman–Crippen MR) is 87.4 cm³/mol. The number of nitrogen functional groups attached to an aromatic ring is 1. The fraction of sp³-hybridized carbons (Fsp3) is 0.529. The number of hydrogen-bond acceptors (Lipinski definition) is 4. The molecule has 0 unspecified atom stereocenters. The van der Waals surface area contributed by atoms with Gasteiger partial charge in [-0.1, -0.05) is 17.3 Å². The average molecular weight is 557 g/mol. The fourth-order valence-electron chi connectivity index (χ4n) is 2.58. The molecular weight excluding hydrogens is 547 g/mol. The van der Waals surface area contributed by atoms with Crippen LogP contribution in [0.2, 0.25) is 0 Å². The molecule has 0 radical (unpaired) electrons. The number of alkyl halides is 15. The van der Waals surface area contributed by atoms with Gasteiger partial charge in [-0.25, -0.2) is 0 Å². The molecule has 0 bridgehead atoms. The number of aryl methyl sites for hydroxylation is 1. The Morgan fingerprint density at radius 2 is 1.19 bits per heavy atom. The summed E-state index contributed by atoms with van der Waals surface area (Å²) >= 11 is 0. The van der Waals surface area contributed by atoms with Gasteiger partial charge in [0.1, 0.15) is 0 Å². The van der Waals surface area contributed by atoms with Crippen LogP contribution in [0.15, 0.2) is 22.7 Å². The molecule has 1 aromatic carbocycles. The van der Waals surface area contributed by atoms with Crippen molar-refractivity contribution in [3.63, 3.8) is 0 Å². The predicted octanol–water partition coefficient (Wildman–Crippen LogP) is 6.38. The summed E-state index contributed by atoms with van der Waals surface area (Å²) in [5, 5.41) is 2.73. The Hall–Kier alpha value is -2.89. The number of rotatable bonds is 8. The minimum absolute atomic E-state index is 0.148. The first-order chi connectivity index (χ1) is 15.9. The molecule has 0 spiro atoms. The van der Waals surface area contributed by atoms with Crippen LogP contribution in [0.3, 0.4) is 0 Å². The Morgan fingerprint density at radius 3 is 1.67 bits per heavy atom. The zero-order valence-electron chi connectivity index (χ0n) is 17.0. The smallest absolute Gasteiger partial charge is 0.399 e. The van der Waals surface area contributed by atoms with Crippen molar-refractivity contribution in [2.45, 2.75) is 55.1 Å². The Bertz CT molecular complexity index is 1110. The third kappa shape index (κ3) is 4.08. The van der Waals surface area contributed by atoms with Crippen molar-refractivity contribution < 1.29 is 70.4 Å². The van der Waals surface area contributed by atoms with Gasteiger partial charge in [0.15, 0.2) is 5.82 Å². The van der Waals surface area contributed by atoms with Crippen molar-refractivity contribution in [3.05, 3.63) is 41.0 Å². The molecule has 0 amide bonds. The van der Waals surface area contributed by atoms with E-state index < -0.39 is 59.8 Å². The van der Waals surface area contributed by atoms with Crippen LogP contribution in [0.1, 0.15) is 22.8 Å². The molecule has 0 aliphatic heterocycles. The van der Waals surface area contributed by atoms with Crippen LogP contribution >= 0.6 is 0 Å². The SMILES string of the molecule is Cc1cc(Cc2noc(C(F)(F)C(F)(F)C(F)(F)C(F)(F)C(F)(F)C(F)(F)C(F)(F)F)n2)ccc1N. The summed E-state index contributed by atoms with van der Waals surface area (Å²) in [4.78, 5) is 2.61. The summed E-state index contributed by atoms with van der Waals surface area (Å²) in [6, 6.07) is 3.83. The molecule has 0 saturated heterocycles. The van der Waals surface area contributed by atoms with Crippen LogP contribution in [0.5, 0.6) is 0 Å². The quantitative estimate of drug-likeness (QED) is 0.302. The number of hydrogen-bond donors (Lipinski definition) is 1. The number of aromatic nitrogens is 2. The third-order valence-corrected chi connectivity index (χ3v) is 4.76. The molecule has 2 rings (SSSR count). The van der Waals surface area contributed by atoms with Crippen molar-refractivity contribution >= 4 is 5.69 Å². The Kier molecular flexibility index (Phi) is 6.78. The van der Waals surface area contributed by atoms with Gasteiger partial charge >= 0.3 is 47.6 Å². The molecule has 1 heterocycles. The van der Waals surface area contributed by atoms with Crippen LogP contribution in [0.4, 0.5) is 71.5 Å². The number of nitrogens with zero attached hydrogens (tertiary/aromatic N) is 2. The highest BCUT2D eigenvalue weighted by Crippen LogP contribution is 2.63. The van der Waals surface area contributed by atoms with Crippen molar-refractivity contribution in [2.24, 2.45) is 0 Å². The van der Waals surface area contributed by atoms with Gasteiger partial charge in [-0.05, 0) is 24.1 Å². The van der Waals surface area contributed by atoms with Gasteiger partial charge in [0, 0.05) is 12.1 Å². The lowest BCUT2D eigenvalue weighted by Gasteiger charge is -2.40. The Balaban J connectivity index is 2.49. The summed E-state index contributed by atoms with van der Waals surface area (Å²) in [5.74, 6) is -51.3. The number of halogens is 15. The van der Waals surface area contributed by atoms with Gasteiger partial charge in [-0.2, -0.15) is 70.8 Å². The van der Waals surface area contributed by atoms with Gasteiger partial charge in [-0.15, -0.1) is 0 Å². The second kappa shape index (κ2) is 8.32. The molecule has 0 fully saturated rings. The van der Waals surface area contributed by atoms with Crippen LogP contribution in [0, 0.1) is 6.92 Å². The standard InChI is InChI=1S/C17H10F15N3O/c1-6-4-7(2-3-8(6)33)5-9-34-10(36-35-9)11(18,19)12(20,21)13(22,23)14(24,25)15(26,27)16(28,29)17(30,31)32/h2-4H,5,33H2,1H3. The third-order valence-electron chi connectivity index (χ3n) is 4.76. The highest BCUT2D eigenvalue weighted by Gasteiger charge is 2.94. The molecule has 2 N–H and O–H groups in total. The van der Waals surface area contributed by atoms with Crippen LogP contribution < -0.4 is 5.73 Å². The maximum atomic E-state index is 14.1.